The van der Waals surface area contributed by atoms with Crippen molar-refractivity contribution in [2.45, 2.75) is 13.8 Å². The Labute approximate surface area is 94.0 Å². The van der Waals surface area contributed by atoms with E-state index in [4.69, 9.17) is 20.1 Å². The third-order valence-electron chi connectivity index (χ3n) is 1.81. The van der Waals surface area contributed by atoms with E-state index in [2.05, 4.69) is 10.0 Å². The average Bonchev–Trinajstić information content (AvgIpc) is 2.21. The first kappa shape index (κ1) is 14.7. The van der Waals surface area contributed by atoms with E-state index >= 15 is 0 Å². The second-order valence-corrected chi connectivity index (χ2v) is 3.81. The molecule has 0 aromatic heterocycles. The maximum Gasteiger partial charge on any atom is 0.311 e. The van der Waals surface area contributed by atoms with E-state index in [1.165, 1.54) is 0 Å². The highest BCUT2D eigenvalue weighted by molar-refractivity contribution is 5.73. The van der Waals surface area contributed by atoms with Crippen molar-refractivity contribution in [3.05, 3.63) is 10.4 Å². The minimum atomic E-state index is -0.892. The first-order valence-electron chi connectivity index (χ1n) is 4.90. The molecule has 0 aromatic rings. The van der Waals surface area contributed by atoms with Gasteiger partial charge in [-0.25, -0.2) is 0 Å². The van der Waals surface area contributed by atoms with Crippen molar-refractivity contribution in [2.24, 2.45) is 10.5 Å². The second-order valence-electron chi connectivity index (χ2n) is 3.81. The van der Waals surface area contributed by atoms with Crippen LogP contribution >= 0.6 is 0 Å². The first-order chi connectivity index (χ1) is 7.50. The zero-order valence-corrected chi connectivity index (χ0v) is 9.55. The third-order valence-corrected chi connectivity index (χ3v) is 1.81. The van der Waals surface area contributed by atoms with E-state index < -0.39 is 11.4 Å². The normalized spacial score (nSPS) is 10.9. The van der Waals surface area contributed by atoms with E-state index in [1.807, 2.05) is 0 Å². The molecule has 0 rings (SSSR count). The Balaban J connectivity index is 3.40. The summed E-state index contributed by atoms with van der Waals surface area (Å²) in [6, 6.07) is 0. The molecule has 0 aliphatic rings. The number of carbonyl (C=O) groups is 1. The highest BCUT2D eigenvalue weighted by Crippen LogP contribution is 2.14. The summed E-state index contributed by atoms with van der Waals surface area (Å²) in [5.41, 5.74) is 7.09. The van der Waals surface area contributed by atoms with Gasteiger partial charge in [-0.2, -0.15) is 0 Å². The van der Waals surface area contributed by atoms with Gasteiger partial charge in [-0.05, 0) is 19.4 Å². The minimum Gasteiger partial charge on any atom is -0.481 e. The molecular weight excluding hydrogens is 214 g/mol. The van der Waals surface area contributed by atoms with Crippen molar-refractivity contribution in [3.8, 4) is 0 Å². The number of carboxylic acid groups (broad SMARTS) is 1. The molecule has 7 nitrogen and oxygen atoms in total. The molecule has 0 saturated heterocycles. The second kappa shape index (κ2) is 7.92. The average molecular weight is 231 g/mol. The van der Waals surface area contributed by atoms with Crippen LogP contribution in [0.25, 0.3) is 10.4 Å². The van der Waals surface area contributed by atoms with Crippen molar-refractivity contribution in [2.75, 3.05) is 33.0 Å². The molecule has 16 heavy (non-hydrogen) atoms. The summed E-state index contributed by atoms with van der Waals surface area (Å²) >= 11 is 0. The fourth-order valence-corrected chi connectivity index (χ4v) is 0.759. The maximum atomic E-state index is 10.7. The molecular formula is C9H17N3O4. The van der Waals surface area contributed by atoms with Crippen LogP contribution in [0.5, 0.6) is 0 Å². The number of hydrogen-bond acceptors (Lipinski definition) is 4. The van der Waals surface area contributed by atoms with Crippen LogP contribution in [-0.2, 0) is 14.3 Å². The standard InChI is InChI=1S/C9H17N3O4/c1-9(2,8(13)14)7-16-6-5-15-4-3-11-12-10/h3-7H2,1-2H3,(H,13,14). The Morgan fingerprint density at radius 3 is 2.56 bits per heavy atom. The minimum absolute atomic E-state index is 0.141. The highest BCUT2D eigenvalue weighted by Gasteiger charge is 2.27. The smallest absolute Gasteiger partial charge is 0.311 e. The molecule has 0 bridgehead atoms. The van der Waals surface area contributed by atoms with E-state index in [1.54, 1.807) is 13.8 Å². The molecule has 0 aliphatic carbocycles. The summed E-state index contributed by atoms with van der Waals surface area (Å²) in [6.07, 6.45) is 0. The van der Waals surface area contributed by atoms with Gasteiger partial charge < -0.3 is 14.6 Å². The van der Waals surface area contributed by atoms with Crippen molar-refractivity contribution in [1.82, 2.24) is 0 Å². The van der Waals surface area contributed by atoms with Gasteiger partial charge >= 0.3 is 5.97 Å². The molecule has 92 valence electrons. The van der Waals surface area contributed by atoms with E-state index in [-0.39, 0.29) is 13.2 Å². The van der Waals surface area contributed by atoms with Crippen molar-refractivity contribution in [1.29, 1.82) is 0 Å². The Morgan fingerprint density at radius 1 is 1.38 bits per heavy atom. The number of aliphatic carboxylic acids is 1. The summed E-state index contributed by atoms with van der Waals surface area (Å²) in [7, 11) is 0. The highest BCUT2D eigenvalue weighted by atomic mass is 16.5. The largest absolute Gasteiger partial charge is 0.481 e. The van der Waals surface area contributed by atoms with E-state index in [0.717, 1.165) is 0 Å². The lowest BCUT2D eigenvalue weighted by atomic mass is 9.95. The molecule has 0 unspecified atom stereocenters. The van der Waals surface area contributed by atoms with Crippen LogP contribution in [0.2, 0.25) is 0 Å². The molecule has 0 heterocycles. The van der Waals surface area contributed by atoms with Crippen LogP contribution in [0.15, 0.2) is 5.11 Å². The summed E-state index contributed by atoms with van der Waals surface area (Å²) in [5, 5.41) is 12.1. The van der Waals surface area contributed by atoms with Crippen LogP contribution in [0.1, 0.15) is 13.8 Å². The van der Waals surface area contributed by atoms with Gasteiger partial charge in [0.15, 0.2) is 0 Å². The molecule has 0 aliphatic heterocycles. The van der Waals surface area contributed by atoms with Gasteiger partial charge in [-0.3, -0.25) is 4.79 Å². The first-order valence-corrected chi connectivity index (χ1v) is 4.90. The predicted octanol–water partition coefficient (Wildman–Crippen LogP) is 1.44. The van der Waals surface area contributed by atoms with Crippen molar-refractivity contribution >= 4 is 5.97 Å². The fraction of sp³-hybridized carbons (Fsp3) is 0.889. The molecule has 0 amide bonds. The summed E-state index contributed by atoms with van der Waals surface area (Å²) in [6.45, 7) is 4.65. The SMILES string of the molecule is CC(C)(COCCOCCN=[N+]=[N-])C(=O)O. The molecule has 0 saturated carbocycles. The van der Waals surface area contributed by atoms with Gasteiger partial charge in [0.2, 0.25) is 0 Å². The number of ether oxygens (including phenoxy) is 2. The van der Waals surface area contributed by atoms with E-state index in [0.29, 0.717) is 19.8 Å². The third kappa shape index (κ3) is 7.05. The molecule has 0 atom stereocenters. The Hall–Kier alpha value is -1.30. The summed E-state index contributed by atoms with van der Waals surface area (Å²) < 4.78 is 10.2. The lowest BCUT2D eigenvalue weighted by Gasteiger charge is -2.18. The van der Waals surface area contributed by atoms with Crippen LogP contribution in [-0.4, -0.2) is 44.0 Å². The Kier molecular flexibility index (Phi) is 7.28. The topological polar surface area (TPSA) is 105 Å². The molecule has 0 fully saturated rings. The van der Waals surface area contributed by atoms with Crippen LogP contribution in [0.4, 0.5) is 0 Å². The van der Waals surface area contributed by atoms with Gasteiger partial charge in [0.25, 0.3) is 0 Å². The summed E-state index contributed by atoms with van der Waals surface area (Å²) in [5.74, 6) is -0.892. The number of nitrogens with zero attached hydrogens (tertiary/aromatic N) is 3. The quantitative estimate of drug-likeness (QED) is 0.280. The van der Waals surface area contributed by atoms with Crippen molar-refractivity contribution in [3.63, 3.8) is 0 Å². The van der Waals surface area contributed by atoms with Gasteiger partial charge in [-0.15, -0.1) is 0 Å². The monoisotopic (exact) mass is 231 g/mol. The number of rotatable bonds is 9. The fourth-order valence-electron chi connectivity index (χ4n) is 0.759. The molecule has 7 heteroatoms. The molecule has 1 N–H and O–H groups in total. The lowest BCUT2D eigenvalue weighted by Crippen LogP contribution is -2.29. The Bertz CT molecular complexity index is 261. The maximum absolute atomic E-state index is 10.7. The van der Waals surface area contributed by atoms with Gasteiger partial charge in [0.05, 0.1) is 31.8 Å². The lowest BCUT2D eigenvalue weighted by molar-refractivity contribution is -0.150. The van der Waals surface area contributed by atoms with Crippen molar-refractivity contribution < 1.29 is 19.4 Å². The van der Waals surface area contributed by atoms with Crippen LogP contribution in [0.3, 0.4) is 0 Å². The zero-order valence-electron chi connectivity index (χ0n) is 9.55. The van der Waals surface area contributed by atoms with Crippen LogP contribution in [0, 0.1) is 5.41 Å². The Morgan fingerprint density at radius 2 is 2.00 bits per heavy atom. The number of hydrogen-bond donors (Lipinski definition) is 1. The van der Waals surface area contributed by atoms with Gasteiger partial charge in [-0.1, -0.05) is 5.11 Å². The van der Waals surface area contributed by atoms with E-state index in [9.17, 15) is 4.79 Å². The van der Waals surface area contributed by atoms with Gasteiger partial charge in [0, 0.05) is 11.5 Å². The van der Waals surface area contributed by atoms with Gasteiger partial charge in [0.1, 0.15) is 0 Å². The zero-order chi connectivity index (χ0) is 12.4. The molecule has 0 spiro atoms. The summed E-state index contributed by atoms with van der Waals surface area (Å²) in [4.78, 5) is 13.3. The molecule has 0 radical (unpaired) electrons. The number of azide groups is 1. The molecule has 0 aromatic carbocycles. The van der Waals surface area contributed by atoms with Crippen LogP contribution < -0.4 is 0 Å². The predicted molar refractivity (Wildman–Crippen MR) is 57.1 cm³/mol. The number of carboxylic acids is 1.